The normalized spacial score (nSPS) is 18.9. The molecule has 1 heterocycles. The van der Waals surface area contributed by atoms with Crippen LogP contribution in [0.3, 0.4) is 0 Å². The standard InChI is InChI=1S/C25H27F6NO4S/c1-16-4-5-17(2)21(10-16)23(7-9-36-37(3,34)35)6-8-32(15-23)22(33)13-18-11-19(24(26,27)28)14-20(12-18)25(29,30)31/h4-5,10-12,14H,6-9,13,15H2,1-3H3. The molecule has 5 nitrogen and oxygen atoms in total. The van der Waals surface area contributed by atoms with Crippen molar-refractivity contribution in [1.82, 2.24) is 4.90 Å². The van der Waals surface area contributed by atoms with Crippen LogP contribution in [0.5, 0.6) is 0 Å². The second-order valence-electron chi connectivity index (χ2n) is 9.53. The summed E-state index contributed by atoms with van der Waals surface area (Å²) < 4.78 is 107. The first kappa shape index (κ1) is 29.0. The lowest BCUT2D eigenvalue weighted by atomic mass is 9.74. The highest BCUT2D eigenvalue weighted by atomic mass is 32.2. The molecule has 1 aliphatic rings. The van der Waals surface area contributed by atoms with Gasteiger partial charge < -0.3 is 4.90 Å². The van der Waals surface area contributed by atoms with Crippen molar-refractivity contribution in [2.45, 2.75) is 50.9 Å². The molecular formula is C25H27F6NO4S. The molecule has 204 valence electrons. The predicted octanol–water partition coefficient (Wildman–Crippen LogP) is 5.42. The summed E-state index contributed by atoms with van der Waals surface area (Å²) >= 11 is 0. The first-order valence-electron chi connectivity index (χ1n) is 11.4. The number of hydrogen-bond acceptors (Lipinski definition) is 4. The Bertz CT molecular complexity index is 1240. The van der Waals surface area contributed by atoms with Gasteiger partial charge in [-0.05, 0) is 61.6 Å². The molecule has 0 spiro atoms. The van der Waals surface area contributed by atoms with E-state index in [1.54, 1.807) is 0 Å². The molecule has 37 heavy (non-hydrogen) atoms. The Morgan fingerprint density at radius 3 is 2.14 bits per heavy atom. The second kappa shape index (κ2) is 10.3. The zero-order valence-corrected chi connectivity index (χ0v) is 21.3. The van der Waals surface area contributed by atoms with Gasteiger partial charge in [0.1, 0.15) is 0 Å². The van der Waals surface area contributed by atoms with Crippen LogP contribution >= 0.6 is 0 Å². The minimum absolute atomic E-state index is 0.0250. The van der Waals surface area contributed by atoms with Crippen molar-refractivity contribution in [3.05, 3.63) is 69.8 Å². The maximum absolute atomic E-state index is 13.2. The number of likely N-dealkylation sites (tertiary alicyclic amines) is 1. The second-order valence-corrected chi connectivity index (χ2v) is 11.2. The predicted molar refractivity (Wildman–Crippen MR) is 124 cm³/mol. The molecule has 0 bridgehead atoms. The van der Waals surface area contributed by atoms with Gasteiger partial charge in [-0.3, -0.25) is 8.98 Å². The van der Waals surface area contributed by atoms with Crippen molar-refractivity contribution in [2.75, 3.05) is 26.0 Å². The van der Waals surface area contributed by atoms with Gasteiger partial charge in [0.15, 0.2) is 0 Å². The van der Waals surface area contributed by atoms with Crippen LogP contribution in [-0.4, -0.2) is 45.2 Å². The molecule has 1 aliphatic heterocycles. The lowest BCUT2D eigenvalue weighted by Crippen LogP contribution is -2.37. The summed E-state index contributed by atoms with van der Waals surface area (Å²) in [4.78, 5) is 14.5. The Balaban J connectivity index is 1.89. The summed E-state index contributed by atoms with van der Waals surface area (Å²) in [5.74, 6) is -0.622. The highest BCUT2D eigenvalue weighted by Crippen LogP contribution is 2.41. The number of nitrogens with zero attached hydrogens (tertiary/aromatic N) is 1. The van der Waals surface area contributed by atoms with E-state index < -0.39 is 56.9 Å². The summed E-state index contributed by atoms with van der Waals surface area (Å²) in [7, 11) is -3.71. The number of aryl methyl sites for hydroxylation is 2. The van der Waals surface area contributed by atoms with E-state index in [0.717, 1.165) is 22.9 Å². The molecule has 3 rings (SSSR count). The molecule has 0 saturated carbocycles. The number of rotatable bonds is 7. The Kier molecular flexibility index (Phi) is 8.05. The first-order chi connectivity index (χ1) is 16.9. The van der Waals surface area contributed by atoms with Gasteiger partial charge in [0, 0.05) is 18.5 Å². The molecule has 0 aromatic heterocycles. The minimum Gasteiger partial charge on any atom is -0.341 e. The Morgan fingerprint density at radius 2 is 1.59 bits per heavy atom. The SMILES string of the molecule is Cc1ccc(C)c(C2(CCOS(C)(=O)=O)CCN(C(=O)Cc3cc(C(F)(F)F)cc(C(F)(F)F)c3)C2)c1. The van der Waals surface area contributed by atoms with Crippen LogP contribution < -0.4 is 0 Å². The average molecular weight is 552 g/mol. The fourth-order valence-electron chi connectivity index (χ4n) is 4.75. The van der Waals surface area contributed by atoms with Crippen LogP contribution in [0, 0.1) is 13.8 Å². The maximum Gasteiger partial charge on any atom is 0.416 e. The number of hydrogen-bond donors (Lipinski definition) is 0. The molecule has 0 aliphatic carbocycles. The summed E-state index contributed by atoms with van der Waals surface area (Å²) in [5.41, 5.74) is -1.30. The number of carbonyl (C=O) groups is 1. The van der Waals surface area contributed by atoms with Crippen molar-refractivity contribution >= 4 is 16.0 Å². The zero-order valence-electron chi connectivity index (χ0n) is 20.5. The van der Waals surface area contributed by atoms with Gasteiger partial charge >= 0.3 is 12.4 Å². The van der Waals surface area contributed by atoms with Crippen LogP contribution in [0.2, 0.25) is 0 Å². The van der Waals surface area contributed by atoms with E-state index in [1.807, 2.05) is 32.0 Å². The number of halogens is 6. The highest BCUT2D eigenvalue weighted by molar-refractivity contribution is 7.85. The van der Waals surface area contributed by atoms with Gasteiger partial charge in [0.25, 0.3) is 10.1 Å². The molecule has 2 aromatic carbocycles. The summed E-state index contributed by atoms with van der Waals surface area (Å²) in [6.45, 7) is 3.94. The third kappa shape index (κ3) is 7.25. The van der Waals surface area contributed by atoms with E-state index in [2.05, 4.69) is 0 Å². The summed E-state index contributed by atoms with van der Waals surface area (Å²) in [5, 5.41) is 0. The molecular weight excluding hydrogens is 524 g/mol. The average Bonchev–Trinajstić information content (AvgIpc) is 3.18. The summed E-state index contributed by atoms with van der Waals surface area (Å²) in [6.07, 6.45) is -9.07. The van der Waals surface area contributed by atoms with Crippen LogP contribution in [-0.2, 0) is 43.3 Å². The quantitative estimate of drug-likeness (QED) is 0.341. The van der Waals surface area contributed by atoms with Crippen molar-refractivity contribution in [1.29, 1.82) is 0 Å². The fraction of sp³-hybridized carbons (Fsp3) is 0.480. The Labute approximate surface area is 211 Å². The van der Waals surface area contributed by atoms with Crippen molar-refractivity contribution in [3.8, 4) is 0 Å². The molecule has 0 N–H and O–H groups in total. The molecule has 1 amide bonds. The fourth-order valence-corrected chi connectivity index (χ4v) is 5.13. The lowest BCUT2D eigenvalue weighted by molar-refractivity contribution is -0.143. The van der Waals surface area contributed by atoms with Crippen LogP contribution in [0.15, 0.2) is 36.4 Å². The largest absolute Gasteiger partial charge is 0.416 e. The molecule has 1 unspecified atom stereocenters. The van der Waals surface area contributed by atoms with Crippen LogP contribution in [0.25, 0.3) is 0 Å². The monoisotopic (exact) mass is 551 g/mol. The van der Waals surface area contributed by atoms with Crippen molar-refractivity contribution in [3.63, 3.8) is 0 Å². The molecule has 0 radical (unpaired) electrons. The van der Waals surface area contributed by atoms with Crippen molar-refractivity contribution in [2.24, 2.45) is 0 Å². The third-order valence-electron chi connectivity index (χ3n) is 6.55. The smallest absolute Gasteiger partial charge is 0.341 e. The van der Waals surface area contributed by atoms with Crippen LogP contribution in [0.1, 0.15) is 46.2 Å². The Hall–Kier alpha value is -2.60. The van der Waals surface area contributed by atoms with E-state index in [4.69, 9.17) is 4.18 Å². The van der Waals surface area contributed by atoms with E-state index in [-0.39, 0.29) is 32.2 Å². The van der Waals surface area contributed by atoms with E-state index >= 15 is 0 Å². The Morgan fingerprint density at radius 1 is 1.00 bits per heavy atom. The van der Waals surface area contributed by atoms with Crippen molar-refractivity contribution < 1.29 is 43.7 Å². The molecule has 1 fully saturated rings. The number of carbonyl (C=O) groups excluding carboxylic acids is 1. The highest BCUT2D eigenvalue weighted by Gasteiger charge is 2.42. The van der Waals surface area contributed by atoms with Gasteiger partial charge in [-0.15, -0.1) is 0 Å². The van der Waals surface area contributed by atoms with E-state index in [0.29, 0.717) is 18.6 Å². The molecule has 2 aromatic rings. The molecule has 12 heteroatoms. The van der Waals surface area contributed by atoms with Gasteiger partial charge in [0.2, 0.25) is 5.91 Å². The van der Waals surface area contributed by atoms with E-state index in [9.17, 15) is 39.6 Å². The number of benzene rings is 2. The van der Waals surface area contributed by atoms with Gasteiger partial charge in [-0.1, -0.05) is 23.8 Å². The van der Waals surface area contributed by atoms with Gasteiger partial charge in [0.05, 0.1) is 30.4 Å². The lowest BCUT2D eigenvalue weighted by Gasteiger charge is -2.32. The third-order valence-corrected chi connectivity index (χ3v) is 7.15. The first-order valence-corrected chi connectivity index (χ1v) is 13.2. The maximum atomic E-state index is 13.2. The van der Waals surface area contributed by atoms with Gasteiger partial charge in [-0.25, -0.2) is 0 Å². The molecule has 1 atom stereocenters. The topological polar surface area (TPSA) is 63.7 Å². The number of alkyl halides is 6. The zero-order chi connectivity index (χ0) is 27.8. The van der Waals surface area contributed by atoms with Crippen LogP contribution in [0.4, 0.5) is 26.3 Å². The molecule has 1 saturated heterocycles. The summed E-state index contributed by atoms with van der Waals surface area (Å²) in [6, 6.07) is 6.88. The van der Waals surface area contributed by atoms with E-state index in [1.165, 1.54) is 4.90 Å². The minimum atomic E-state index is -5.01. The number of amides is 1. The van der Waals surface area contributed by atoms with Gasteiger partial charge in [-0.2, -0.15) is 34.8 Å².